The SMILES string of the molecule is COc1ccc(-c2cc(C(=O)N(CC(=O)O)Cc3ccc(F)cc3Cl)c3ccccc3n2)cc1. The third-order valence-electron chi connectivity index (χ3n) is 5.32. The third-order valence-corrected chi connectivity index (χ3v) is 5.67. The number of rotatable bonds is 7. The number of fused-ring (bicyclic) bond motifs is 1. The summed E-state index contributed by atoms with van der Waals surface area (Å²) in [5, 5.41) is 10.2. The molecule has 8 heteroatoms. The minimum atomic E-state index is -1.18. The average Bonchev–Trinajstić information content (AvgIpc) is 2.84. The summed E-state index contributed by atoms with van der Waals surface area (Å²) in [4.78, 5) is 31.1. The van der Waals surface area contributed by atoms with Crippen LogP contribution >= 0.6 is 11.6 Å². The maximum Gasteiger partial charge on any atom is 0.323 e. The molecule has 3 aromatic carbocycles. The van der Waals surface area contributed by atoms with Gasteiger partial charge in [-0.3, -0.25) is 9.59 Å². The van der Waals surface area contributed by atoms with Crippen LogP contribution in [0, 0.1) is 5.82 Å². The van der Waals surface area contributed by atoms with Crippen molar-refractivity contribution >= 4 is 34.4 Å². The van der Waals surface area contributed by atoms with Gasteiger partial charge in [0.1, 0.15) is 18.1 Å². The van der Waals surface area contributed by atoms with Crippen LogP contribution in [0.15, 0.2) is 72.8 Å². The number of carboxylic acids is 1. The smallest absolute Gasteiger partial charge is 0.323 e. The topological polar surface area (TPSA) is 79.7 Å². The number of halogens is 2. The van der Waals surface area contributed by atoms with E-state index in [2.05, 4.69) is 4.98 Å². The van der Waals surface area contributed by atoms with Crippen LogP contribution in [-0.2, 0) is 11.3 Å². The molecule has 0 bridgehead atoms. The Morgan fingerprint density at radius 2 is 1.79 bits per heavy atom. The number of aromatic nitrogens is 1. The zero-order valence-corrected chi connectivity index (χ0v) is 18.9. The van der Waals surface area contributed by atoms with Crippen LogP contribution in [0.4, 0.5) is 4.39 Å². The van der Waals surface area contributed by atoms with Crippen LogP contribution in [0.1, 0.15) is 15.9 Å². The minimum Gasteiger partial charge on any atom is -0.497 e. The Bertz CT molecular complexity index is 1380. The van der Waals surface area contributed by atoms with Gasteiger partial charge in [0.05, 0.1) is 23.9 Å². The first-order chi connectivity index (χ1) is 16.4. The fourth-order valence-corrected chi connectivity index (χ4v) is 3.88. The summed E-state index contributed by atoms with van der Waals surface area (Å²) in [5.74, 6) is -1.52. The second-order valence-corrected chi connectivity index (χ2v) is 8.00. The van der Waals surface area contributed by atoms with Crippen molar-refractivity contribution in [3.8, 4) is 17.0 Å². The molecule has 1 heterocycles. The summed E-state index contributed by atoms with van der Waals surface area (Å²) in [7, 11) is 1.57. The van der Waals surface area contributed by atoms with Gasteiger partial charge in [0, 0.05) is 22.5 Å². The van der Waals surface area contributed by atoms with E-state index in [0.29, 0.717) is 33.5 Å². The Labute approximate surface area is 200 Å². The van der Waals surface area contributed by atoms with Crippen molar-refractivity contribution in [3.05, 3.63) is 94.8 Å². The quantitative estimate of drug-likeness (QED) is 0.383. The number of carbonyl (C=O) groups excluding carboxylic acids is 1. The van der Waals surface area contributed by atoms with E-state index in [0.717, 1.165) is 11.6 Å². The molecule has 6 nitrogen and oxygen atoms in total. The van der Waals surface area contributed by atoms with Gasteiger partial charge in [-0.25, -0.2) is 9.37 Å². The number of carboxylic acid groups (broad SMARTS) is 1. The first-order valence-electron chi connectivity index (χ1n) is 10.3. The third kappa shape index (κ3) is 5.00. The molecule has 4 aromatic rings. The van der Waals surface area contributed by atoms with Gasteiger partial charge < -0.3 is 14.7 Å². The molecule has 1 amide bonds. The second kappa shape index (κ2) is 9.89. The van der Waals surface area contributed by atoms with Gasteiger partial charge in [-0.05, 0) is 54.1 Å². The number of hydrogen-bond donors (Lipinski definition) is 1. The molecule has 0 radical (unpaired) electrons. The first kappa shape index (κ1) is 23.2. The summed E-state index contributed by atoms with van der Waals surface area (Å²) in [6.07, 6.45) is 0. The van der Waals surface area contributed by atoms with Crippen LogP contribution in [-0.4, -0.2) is 40.5 Å². The lowest BCUT2D eigenvalue weighted by Gasteiger charge is -2.22. The van der Waals surface area contributed by atoms with Crippen molar-refractivity contribution in [3.63, 3.8) is 0 Å². The molecule has 0 saturated heterocycles. The fraction of sp³-hybridized carbons (Fsp3) is 0.115. The molecule has 172 valence electrons. The molecule has 0 aliphatic rings. The molecule has 0 atom stereocenters. The summed E-state index contributed by atoms with van der Waals surface area (Å²) < 4.78 is 18.7. The summed E-state index contributed by atoms with van der Waals surface area (Å²) in [5.41, 5.74) is 2.66. The van der Waals surface area contributed by atoms with Gasteiger partial charge in [0.25, 0.3) is 5.91 Å². The van der Waals surface area contributed by atoms with Crippen LogP contribution in [0.3, 0.4) is 0 Å². The predicted octanol–water partition coefficient (Wildman–Crippen LogP) is 5.43. The van der Waals surface area contributed by atoms with Crippen LogP contribution < -0.4 is 4.74 Å². The fourth-order valence-electron chi connectivity index (χ4n) is 3.65. The Balaban J connectivity index is 1.79. The van der Waals surface area contributed by atoms with E-state index in [9.17, 15) is 19.1 Å². The number of nitrogens with zero attached hydrogens (tertiary/aromatic N) is 2. The molecule has 1 aromatic heterocycles. The second-order valence-electron chi connectivity index (χ2n) is 7.59. The maximum atomic E-state index is 13.7. The highest BCUT2D eigenvalue weighted by molar-refractivity contribution is 6.31. The molecule has 0 spiro atoms. The molecule has 1 N–H and O–H groups in total. The van der Waals surface area contributed by atoms with Gasteiger partial charge in [-0.2, -0.15) is 0 Å². The van der Waals surface area contributed by atoms with Crippen LogP contribution in [0.25, 0.3) is 22.2 Å². The van der Waals surface area contributed by atoms with Gasteiger partial charge in [0.15, 0.2) is 0 Å². The van der Waals surface area contributed by atoms with Crippen molar-refractivity contribution in [1.29, 1.82) is 0 Å². The van der Waals surface area contributed by atoms with Crippen molar-refractivity contribution in [1.82, 2.24) is 9.88 Å². The molecular weight excluding hydrogens is 459 g/mol. The van der Waals surface area contributed by atoms with Gasteiger partial charge in [-0.15, -0.1) is 0 Å². The highest BCUT2D eigenvalue weighted by Crippen LogP contribution is 2.28. The number of hydrogen-bond acceptors (Lipinski definition) is 4. The highest BCUT2D eigenvalue weighted by atomic mass is 35.5. The Morgan fingerprint density at radius 3 is 2.47 bits per heavy atom. The maximum absolute atomic E-state index is 13.7. The molecule has 0 aliphatic carbocycles. The summed E-state index contributed by atoms with van der Waals surface area (Å²) >= 11 is 6.14. The van der Waals surface area contributed by atoms with Gasteiger partial charge in [0.2, 0.25) is 0 Å². The van der Waals surface area contributed by atoms with E-state index in [1.807, 2.05) is 18.2 Å². The normalized spacial score (nSPS) is 10.8. The van der Waals surface area contributed by atoms with Crippen LogP contribution in [0.5, 0.6) is 5.75 Å². The average molecular weight is 479 g/mol. The van der Waals surface area contributed by atoms with Crippen LogP contribution in [0.2, 0.25) is 5.02 Å². The van der Waals surface area contributed by atoms with Crippen molar-refractivity contribution in [2.75, 3.05) is 13.7 Å². The zero-order valence-electron chi connectivity index (χ0n) is 18.2. The van der Waals surface area contributed by atoms with E-state index >= 15 is 0 Å². The monoisotopic (exact) mass is 478 g/mol. The number of ether oxygens (including phenoxy) is 1. The van der Waals surface area contributed by atoms with E-state index in [-0.39, 0.29) is 11.6 Å². The number of carbonyl (C=O) groups is 2. The number of methoxy groups -OCH3 is 1. The zero-order chi connectivity index (χ0) is 24.2. The molecular formula is C26H20ClFN2O4. The Hall–Kier alpha value is -3.97. The predicted molar refractivity (Wildman–Crippen MR) is 128 cm³/mol. The Kier molecular flexibility index (Phi) is 6.75. The molecule has 0 fully saturated rings. The number of benzene rings is 3. The largest absolute Gasteiger partial charge is 0.497 e. The minimum absolute atomic E-state index is 0.0984. The highest BCUT2D eigenvalue weighted by Gasteiger charge is 2.23. The molecule has 4 rings (SSSR count). The van der Waals surface area contributed by atoms with E-state index in [1.54, 1.807) is 43.5 Å². The lowest BCUT2D eigenvalue weighted by molar-refractivity contribution is -0.137. The van der Waals surface area contributed by atoms with Crippen molar-refractivity contribution in [2.24, 2.45) is 0 Å². The first-order valence-corrected chi connectivity index (χ1v) is 10.7. The van der Waals surface area contributed by atoms with E-state index < -0.39 is 24.2 Å². The Morgan fingerprint density at radius 1 is 1.06 bits per heavy atom. The summed E-state index contributed by atoms with van der Waals surface area (Å²) in [6, 6.07) is 19.8. The number of para-hydroxylation sites is 1. The van der Waals surface area contributed by atoms with Gasteiger partial charge in [-0.1, -0.05) is 35.9 Å². The molecule has 0 aliphatic heterocycles. The molecule has 0 unspecified atom stereocenters. The molecule has 34 heavy (non-hydrogen) atoms. The lowest BCUT2D eigenvalue weighted by Crippen LogP contribution is -2.35. The van der Waals surface area contributed by atoms with E-state index in [4.69, 9.17) is 16.3 Å². The molecule has 0 saturated carbocycles. The van der Waals surface area contributed by atoms with E-state index in [1.165, 1.54) is 17.0 Å². The number of pyridine rings is 1. The lowest BCUT2D eigenvalue weighted by atomic mass is 10.0. The van der Waals surface area contributed by atoms with Gasteiger partial charge >= 0.3 is 5.97 Å². The standard InChI is InChI=1S/C26H20ClFN2O4/c1-34-19-10-7-16(8-11-19)24-13-21(20-4-2-3-5-23(20)29-24)26(33)30(15-25(31)32)14-17-6-9-18(28)12-22(17)27/h2-13H,14-15H2,1H3,(H,31,32). The summed E-state index contributed by atoms with van der Waals surface area (Å²) in [6.45, 7) is -0.653. The van der Waals surface area contributed by atoms with Crippen molar-refractivity contribution in [2.45, 2.75) is 6.54 Å². The number of amides is 1. The van der Waals surface area contributed by atoms with Crippen molar-refractivity contribution < 1.29 is 23.8 Å². The number of aliphatic carboxylic acids is 1.